The Balaban J connectivity index is 2.27. The van der Waals surface area contributed by atoms with Crippen LogP contribution in [-0.2, 0) is 0 Å². The Kier molecular flexibility index (Phi) is 5.27. The second-order valence-electron chi connectivity index (χ2n) is 4.71. The van der Waals surface area contributed by atoms with Gasteiger partial charge in [0, 0.05) is 17.2 Å². The fourth-order valence-electron chi connectivity index (χ4n) is 1.93. The molecule has 0 radical (unpaired) electrons. The molecule has 0 saturated carbocycles. The predicted molar refractivity (Wildman–Crippen MR) is 88.9 cm³/mol. The quantitative estimate of drug-likeness (QED) is 0.567. The number of carbonyl (C=O) groups is 1. The summed E-state index contributed by atoms with van der Waals surface area (Å²) in [6.07, 6.45) is 0. The molecule has 12 nitrogen and oxygen atoms in total. The molecule has 0 saturated heterocycles. The maximum atomic E-state index is 12.1. The average Bonchev–Trinajstić information content (AvgIpc) is 2.59. The number of nitro benzene ring substituents is 3. The minimum Gasteiger partial charge on any atom is -0.292 e. The van der Waals surface area contributed by atoms with Crippen LogP contribution in [0.3, 0.4) is 0 Å². The van der Waals surface area contributed by atoms with Gasteiger partial charge in [-0.15, -0.1) is 0 Å². The standard InChI is InChI=1S/C13H8ClN5O7/c14-7-1-3-9(11(5-7)18(23)24)13(20)16-15-10-4-2-8(17(21)22)6-12(10)19(25)26/h1-6,15H,(H,16,20). The lowest BCUT2D eigenvalue weighted by atomic mass is 10.1. The van der Waals surface area contributed by atoms with Gasteiger partial charge in [0.25, 0.3) is 17.3 Å². The van der Waals surface area contributed by atoms with Crippen LogP contribution in [0.4, 0.5) is 22.7 Å². The van der Waals surface area contributed by atoms with Crippen molar-refractivity contribution in [2.45, 2.75) is 0 Å². The molecule has 2 aromatic carbocycles. The molecule has 2 N–H and O–H groups in total. The number of nitro groups is 3. The average molecular weight is 382 g/mol. The molecule has 0 atom stereocenters. The first-order valence-electron chi connectivity index (χ1n) is 6.64. The zero-order chi connectivity index (χ0) is 19.4. The molecule has 0 bridgehead atoms. The number of nitrogens with zero attached hydrogens (tertiary/aromatic N) is 3. The van der Waals surface area contributed by atoms with E-state index in [9.17, 15) is 35.1 Å². The summed E-state index contributed by atoms with van der Waals surface area (Å²) in [5.41, 5.74) is 1.97. The Morgan fingerprint density at radius 2 is 1.54 bits per heavy atom. The van der Waals surface area contributed by atoms with Crippen LogP contribution in [0.2, 0.25) is 5.02 Å². The first kappa shape index (κ1) is 18.5. The molecule has 2 aromatic rings. The second-order valence-corrected chi connectivity index (χ2v) is 5.15. The SMILES string of the molecule is O=C(NNc1ccc([N+](=O)[O-])cc1[N+](=O)[O-])c1ccc(Cl)cc1[N+](=O)[O-]. The number of amides is 1. The third kappa shape index (κ3) is 3.99. The van der Waals surface area contributed by atoms with Crippen molar-refractivity contribution in [3.8, 4) is 0 Å². The van der Waals surface area contributed by atoms with Crippen LogP contribution >= 0.6 is 11.6 Å². The lowest BCUT2D eigenvalue weighted by Crippen LogP contribution is -2.30. The van der Waals surface area contributed by atoms with Gasteiger partial charge in [-0.25, -0.2) is 0 Å². The first-order chi connectivity index (χ1) is 12.2. The van der Waals surface area contributed by atoms with E-state index >= 15 is 0 Å². The highest BCUT2D eigenvalue weighted by Crippen LogP contribution is 2.28. The van der Waals surface area contributed by atoms with Gasteiger partial charge in [-0.3, -0.25) is 46.0 Å². The Hall–Kier alpha value is -3.80. The number of nitrogens with one attached hydrogen (secondary N) is 2. The summed E-state index contributed by atoms with van der Waals surface area (Å²) in [4.78, 5) is 42.3. The number of non-ortho nitro benzene ring substituents is 1. The first-order valence-corrected chi connectivity index (χ1v) is 7.01. The van der Waals surface area contributed by atoms with Crippen molar-refractivity contribution in [2.75, 3.05) is 5.43 Å². The molecule has 0 heterocycles. The monoisotopic (exact) mass is 381 g/mol. The molecule has 0 unspecified atom stereocenters. The zero-order valence-corrected chi connectivity index (χ0v) is 13.3. The highest BCUT2D eigenvalue weighted by atomic mass is 35.5. The highest BCUT2D eigenvalue weighted by molar-refractivity contribution is 6.31. The van der Waals surface area contributed by atoms with Crippen molar-refractivity contribution >= 4 is 40.3 Å². The lowest BCUT2D eigenvalue weighted by Gasteiger charge is -2.09. The molecule has 26 heavy (non-hydrogen) atoms. The normalized spacial score (nSPS) is 10.0. The third-order valence-electron chi connectivity index (χ3n) is 3.10. The Labute approximate surface area is 148 Å². The number of carbonyl (C=O) groups excluding carboxylic acids is 1. The van der Waals surface area contributed by atoms with E-state index in [2.05, 4.69) is 10.9 Å². The Morgan fingerprint density at radius 3 is 2.12 bits per heavy atom. The molecule has 13 heteroatoms. The van der Waals surface area contributed by atoms with Gasteiger partial charge in [0.15, 0.2) is 0 Å². The van der Waals surface area contributed by atoms with Crippen molar-refractivity contribution in [1.82, 2.24) is 5.43 Å². The zero-order valence-electron chi connectivity index (χ0n) is 12.5. The molecular weight excluding hydrogens is 374 g/mol. The molecule has 0 aliphatic carbocycles. The molecule has 0 spiro atoms. The topological polar surface area (TPSA) is 171 Å². The van der Waals surface area contributed by atoms with E-state index in [1.807, 2.05) is 0 Å². The van der Waals surface area contributed by atoms with Gasteiger partial charge in [-0.1, -0.05) is 11.6 Å². The molecule has 0 aliphatic heterocycles. The van der Waals surface area contributed by atoms with Gasteiger partial charge in [0.05, 0.1) is 20.8 Å². The van der Waals surface area contributed by atoms with Crippen LogP contribution in [0.1, 0.15) is 10.4 Å². The van der Waals surface area contributed by atoms with Crippen LogP contribution in [0.25, 0.3) is 0 Å². The fourth-order valence-corrected chi connectivity index (χ4v) is 2.10. The van der Waals surface area contributed by atoms with E-state index in [1.54, 1.807) is 0 Å². The number of anilines is 1. The van der Waals surface area contributed by atoms with Gasteiger partial charge >= 0.3 is 5.69 Å². The molecule has 134 valence electrons. The Bertz CT molecular complexity index is 933. The van der Waals surface area contributed by atoms with Crippen LogP contribution in [0.5, 0.6) is 0 Å². The van der Waals surface area contributed by atoms with Crippen molar-refractivity contribution in [2.24, 2.45) is 0 Å². The summed E-state index contributed by atoms with van der Waals surface area (Å²) < 4.78 is 0. The summed E-state index contributed by atoms with van der Waals surface area (Å²) in [5.74, 6) is -0.957. The molecule has 0 fully saturated rings. The Morgan fingerprint density at radius 1 is 0.885 bits per heavy atom. The second kappa shape index (κ2) is 7.40. The molecule has 0 aliphatic rings. The number of rotatable bonds is 6. The van der Waals surface area contributed by atoms with Gasteiger partial charge in [-0.05, 0) is 18.2 Å². The predicted octanol–water partition coefficient (Wildman–Crippen LogP) is 2.82. The summed E-state index contributed by atoms with van der Waals surface area (Å²) in [6.45, 7) is 0. The lowest BCUT2D eigenvalue weighted by molar-refractivity contribution is -0.393. The number of benzene rings is 2. The maximum absolute atomic E-state index is 12.1. The number of hydrogen-bond donors (Lipinski definition) is 2. The van der Waals surface area contributed by atoms with E-state index in [0.717, 1.165) is 24.3 Å². The number of hydrogen-bond acceptors (Lipinski definition) is 8. The fraction of sp³-hybridized carbons (Fsp3) is 0. The summed E-state index contributed by atoms with van der Waals surface area (Å²) in [6, 6.07) is 6.07. The van der Waals surface area contributed by atoms with Crippen molar-refractivity contribution < 1.29 is 19.6 Å². The summed E-state index contributed by atoms with van der Waals surface area (Å²) in [7, 11) is 0. The van der Waals surface area contributed by atoms with Crippen molar-refractivity contribution in [3.05, 3.63) is 77.3 Å². The van der Waals surface area contributed by atoms with Crippen LogP contribution in [0, 0.1) is 30.3 Å². The minimum absolute atomic E-state index is 0.0483. The molecule has 1 amide bonds. The van der Waals surface area contributed by atoms with Gasteiger partial charge in [-0.2, -0.15) is 0 Å². The summed E-state index contributed by atoms with van der Waals surface area (Å²) in [5, 5.41) is 32.7. The molecular formula is C13H8ClN5O7. The van der Waals surface area contributed by atoms with E-state index in [1.165, 1.54) is 6.07 Å². The van der Waals surface area contributed by atoms with Crippen LogP contribution in [0.15, 0.2) is 36.4 Å². The van der Waals surface area contributed by atoms with Crippen molar-refractivity contribution in [3.63, 3.8) is 0 Å². The van der Waals surface area contributed by atoms with Crippen LogP contribution in [-0.4, -0.2) is 20.7 Å². The number of hydrazine groups is 1. The van der Waals surface area contributed by atoms with E-state index in [0.29, 0.717) is 6.07 Å². The minimum atomic E-state index is -0.957. The summed E-state index contributed by atoms with van der Waals surface area (Å²) >= 11 is 5.65. The van der Waals surface area contributed by atoms with Gasteiger partial charge in [0.1, 0.15) is 11.3 Å². The van der Waals surface area contributed by atoms with Gasteiger partial charge < -0.3 is 0 Å². The molecule has 2 rings (SSSR count). The highest BCUT2D eigenvalue weighted by Gasteiger charge is 2.23. The number of halogens is 1. The van der Waals surface area contributed by atoms with Crippen LogP contribution < -0.4 is 10.9 Å². The van der Waals surface area contributed by atoms with E-state index in [-0.39, 0.29) is 16.3 Å². The van der Waals surface area contributed by atoms with Crippen molar-refractivity contribution in [1.29, 1.82) is 0 Å². The third-order valence-corrected chi connectivity index (χ3v) is 3.34. The largest absolute Gasteiger partial charge is 0.300 e. The van der Waals surface area contributed by atoms with E-state index in [4.69, 9.17) is 11.6 Å². The van der Waals surface area contributed by atoms with Gasteiger partial charge in [0.2, 0.25) is 0 Å². The smallest absolute Gasteiger partial charge is 0.292 e. The maximum Gasteiger partial charge on any atom is 0.300 e. The molecule has 0 aromatic heterocycles. The van der Waals surface area contributed by atoms with E-state index < -0.39 is 37.7 Å².